The van der Waals surface area contributed by atoms with E-state index in [1.165, 1.54) is 20.3 Å². The average Bonchev–Trinajstić information content (AvgIpc) is 3.27. The molecule has 314 valence electrons. The highest BCUT2D eigenvalue weighted by molar-refractivity contribution is 6.07. The smallest absolute Gasteiger partial charge is 0.178 e. The molecule has 0 bridgehead atoms. The van der Waals surface area contributed by atoms with Gasteiger partial charge in [-0.25, -0.2) is 0 Å². The van der Waals surface area contributed by atoms with Crippen LogP contribution in [0.15, 0.2) is 66.3 Å². The number of ether oxygens (including phenoxy) is 7. The van der Waals surface area contributed by atoms with Gasteiger partial charge in [0.25, 0.3) is 0 Å². The maximum absolute atomic E-state index is 13.5. The normalized spacial score (nSPS) is 22.8. The first-order valence-electron chi connectivity index (χ1n) is 19.5. The van der Waals surface area contributed by atoms with Crippen LogP contribution in [0.4, 0.5) is 0 Å². The molecule has 14 heteroatoms. The molecule has 0 aromatic heterocycles. The summed E-state index contributed by atoms with van der Waals surface area (Å²) in [5, 5.41) is 48.3. The number of aliphatic hydroxyl groups is 4. The van der Waals surface area contributed by atoms with Gasteiger partial charge in [-0.05, 0) is 81.0 Å². The summed E-state index contributed by atoms with van der Waals surface area (Å²) in [5.41, 5.74) is 4.54. The van der Waals surface area contributed by atoms with Crippen LogP contribution in [-0.2, 0) is 19.6 Å². The lowest BCUT2D eigenvalue weighted by Crippen LogP contribution is -2.43. The lowest BCUT2D eigenvalue weighted by atomic mass is 9.80. The number of allylic oxidation sites excluding steroid dienone is 1. The molecule has 0 spiro atoms. The van der Waals surface area contributed by atoms with E-state index < -0.39 is 29.6 Å². The van der Waals surface area contributed by atoms with Crippen LogP contribution in [0.3, 0.4) is 0 Å². The fraction of sp³-hybridized carbons (Fsp3) is 0.348. The van der Waals surface area contributed by atoms with Crippen LogP contribution in [0.1, 0.15) is 79.8 Å². The Labute approximate surface area is 345 Å². The number of rotatable bonds is 8. The first kappa shape index (κ1) is 40.7. The molecule has 0 saturated carbocycles. The third-order valence-corrected chi connectivity index (χ3v) is 11.6. The Kier molecular flexibility index (Phi) is 11.0. The fourth-order valence-electron chi connectivity index (χ4n) is 8.26. The highest BCUT2D eigenvalue weighted by Crippen LogP contribution is 2.50. The van der Waals surface area contributed by atoms with Crippen LogP contribution >= 0.6 is 0 Å². The second kappa shape index (κ2) is 16.2. The Bertz CT molecular complexity index is 2430. The van der Waals surface area contributed by atoms with Gasteiger partial charge in [-0.2, -0.15) is 0 Å². The van der Waals surface area contributed by atoms with Gasteiger partial charge in [0, 0.05) is 27.8 Å². The summed E-state index contributed by atoms with van der Waals surface area (Å²) in [7, 11) is 3.03. The maximum Gasteiger partial charge on any atom is 0.178 e. The van der Waals surface area contributed by atoms with Crippen molar-refractivity contribution in [3.63, 3.8) is 0 Å². The van der Waals surface area contributed by atoms with Gasteiger partial charge in [-0.15, -0.1) is 0 Å². The van der Waals surface area contributed by atoms with Gasteiger partial charge < -0.3 is 58.7 Å². The molecule has 60 heavy (non-hydrogen) atoms. The Hall–Kier alpha value is -6.06. The molecule has 5 aliphatic heterocycles. The minimum Gasteiger partial charge on any atom is -0.508 e. The Morgan fingerprint density at radius 1 is 0.783 bits per heavy atom. The molecule has 9 rings (SSSR count). The topological polar surface area (TPSA) is 200 Å². The number of phenols is 1. The summed E-state index contributed by atoms with van der Waals surface area (Å²) in [4.78, 5) is 27.0. The maximum atomic E-state index is 13.5. The van der Waals surface area contributed by atoms with Crippen molar-refractivity contribution in [2.24, 2.45) is 0 Å². The quantitative estimate of drug-likeness (QED) is 0.150. The third kappa shape index (κ3) is 6.98. The molecule has 4 aromatic rings. The number of fused-ring (bicyclic) bond motifs is 10. The van der Waals surface area contributed by atoms with Crippen LogP contribution < -0.4 is 33.2 Å². The van der Waals surface area contributed by atoms with E-state index in [9.17, 15) is 35.1 Å². The highest BCUT2D eigenvalue weighted by atomic mass is 16.6. The van der Waals surface area contributed by atoms with E-state index in [1.807, 2.05) is 6.08 Å². The second-order valence-corrected chi connectivity index (χ2v) is 15.5. The molecule has 5 atom stereocenters. The second-order valence-electron chi connectivity index (χ2n) is 15.5. The monoisotopic (exact) mass is 822 g/mol. The molecular formula is C46H46O14. The summed E-state index contributed by atoms with van der Waals surface area (Å²) < 4.78 is 40.8. The Morgan fingerprint density at radius 2 is 1.33 bits per heavy atom. The molecule has 5 heterocycles. The molecule has 14 nitrogen and oxygen atoms in total. The van der Waals surface area contributed by atoms with Crippen molar-refractivity contribution < 1.29 is 68.3 Å². The van der Waals surface area contributed by atoms with Gasteiger partial charge >= 0.3 is 0 Å². The fourth-order valence-corrected chi connectivity index (χ4v) is 8.26. The lowest BCUT2D eigenvalue weighted by molar-refractivity contribution is 0.0523. The SMILES string of the molecule is COc1cc2c(cc1CO)OC[C@H]1Oc3c(ccc(O)c3C/C=C(\C)CO)C(=O)[C@@H]21.COc1cc2c(cc1CO)OC[C@H]1Oc3c(ccc4c3C=CC(C)(CO)O4)C(=O)[C@@H]21. The summed E-state index contributed by atoms with van der Waals surface area (Å²) in [5.74, 6) is 2.22. The van der Waals surface area contributed by atoms with Crippen molar-refractivity contribution in [2.45, 2.75) is 63.1 Å². The van der Waals surface area contributed by atoms with Crippen molar-refractivity contribution in [3.8, 4) is 46.0 Å². The first-order chi connectivity index (χ1) is 29.0. The van der Waals surface area contributed by atoms with E-state index in [4.69, 9.17) is 33.2 Å². The van der Waals surface area contributed by atoms with Crippen LogP contribution in [0.2, 0.25) is 0 Å². The van der Waals surface area contributed by atoms with Crippen molar-refractivity contribution in [1.29, 1.82) is 0 Å². The van der Waals surface area contributed by atoms with Gasteiger partial charge in [-0.1, -0.05) is 11.6 Å². The van der Waals surface area contributed by atoms with Gasteiger partial charge in [0.15, 0.2) is 11.6 Å². The molecule has 1 unspecified atom stereocenters. The van der Waals surface area contributed by atoms with Gasteiger partial charge in [0.05, 0.1) is 69.2 Å². The van der Waals surface area contributed by atoms with Crippen LogP contribution in [-0.4, -0.2) is 95.6 Å². The van der Waals surface area contributed by atoms with Crippen molar-refractivity contribution in [2.75, 3.05) is 40.6 Å². The zero-order valence-corrected chi connectivity index (χ0v) is 33.5. The molecule has 4 aromatic carbocycles. The van der Waals surface area contributed by atoms with Crippen LogP contribution in [0.25, 0.3) is 6.08 Å². The number of phenolic OH excluding ortho intramolecular Hbond substituents is 1. The standard InChI is InChI=1S/C23H22O7.C23H24O7/c1-23(11-25)6-5-13-16(30-23)4-3-14-21(26)20-15-8-17(27-2)12(9-24)7-18(15)28-10-19(20)29-22(13)14;1-12(9-24)3-4-14-17(26)6-5-15-22(27)21-16-8-18(28-2)13(10-25)7-19(16)29-11-20(21)30-23(14)15/h3-8,19-20,24-25H,9-11H2,1-2H3;3,5-8,20-21,24-26H,4,9-11H2,1-2H3/b;12-3+/t19-,20+,23?;20-,21+/m11/s1. The predicted molar refractivity (Wildman–Crippen MR) is 216 cm³/mol. The van der Waals surface area contributed by atoms with Gasteiger partial charge in [0.2, 0.25) is 0 Å². The summed E-state index contributed by atoms with van der Waals surface area (Å²) in [6.45, 7) is 3.32. The third-order valence-electron chi connectivity index (χ3n) is 11.6. The number of carbonyl (C=O) groups excluding carboxylic acids is 2. The lowest BCUT2D eigenvalue weighted by Gasteiger charge is -2.39. The summed E-state index contributed by atoms with van der Waals surface area (Å²) in [6.07, 6.45) is 4.68. The zero-order valence-electron chi connectivity index (χ0n) is 33.5. The number of aromatic hydroxyl groups is 1. The molecule has 0 fully saturated rings. The minimum absolute atomic E-state index is 0.0355. The van der Waals surface area contributed by atoms with Crippen LogP contribution in [0, 0.1) is 0 Å². The Balaban J connectivity index is 0.000000166. The molecule has 5 aliphatic rings. The zero-order chi connectivity index (χ0) is 42.5. The molecule has 0 saturated heterocycles. The van der Waals surface area contributed by atoms with E-state index in [0.717, 1.165) is 5.57 Å². The van der Waals surface area contributed by atoms with Crippen molar-refractivity contribution in [1.82, 2.24) is 0 Å². The number of benzene rings is 4. The van der Waals surface area contributed by atoms with E-state index in [-0.39, 0.29) is 57.0 Å². The minimum atomic E-state index is -0.809. The predicted octanol–water partition coefficient (Wildman–Crippen LogP) is 4.96. The highest BCUT2D eigenvalue weighted by Gasteiger charge is 2.46. The number of aliphatic hydroxyl groups excluding tert-OH is 4. The molecular weight excluding hydrogens is 776 g/mol. The average molecular weight is 823 g/mol. The number of carbonyl (C=O) groups is 2. The van der Waals surface area contributed by atoms with Gasteiger partial charge in [0.1, 0.15) is 77.0 Å². The molecule has 0 radical (unpaired) electrons. The number of Topliss-reactive ketones (excluding diaryl/α,β-unsaturated/α-hetero) is 2. The van der Waals surface area contributed by atoms with Crippen molar-refractivity contribution >= 4 is 17.6 Å². The molecule has 0 aliphatic carbocycles. The first-order valence-corrected chi connectivity index (χ1v) is 19.5. The largest absolute Gasteiger partial charge is 0.508 e. The van der Waals surface area contributed by atoms with Crippen molar-refractivity contribution in [3.05, 3.63) is 111 Å². The summed E-state index contributed by atoms with van der Waals surface area (Å²) in [6, 6.07) is 13.4. The van der Waals surface area contributed by atoms with E-state index in [0.29, 0.717) is 91.2 Å². The van der Waals surface area contributed by atoms with Gasteiger partial charge in [-0.3, -0.25) is 9.59 Å². The number of hydrogen-bond donors (Lipinski definition) is 5. The molecule has 0 amide bonds. The number of methoxy groups -OCH3 is 2. The van der Waals surface area contributed by atoms with E-state index >= 15 is 0 Å². The Morgan fingerprint density at radius 3 is 1.87 bits per heavy atom. The molecule has 5 N–H and O–H groups in total. The summed E-state index contributed by atoms with van der Waals surface area (Å²) >= 11 is 0. The van der Waals surface area contributed by atoms with Crippen LogP contribution in [0.5, 0.6) is 46.0 Å². The van der Waals surface area contributed by atoms with E-state index in [2.05, 4.69) is 0 Å². The number of hydrogen-bond acceptors (Lipinski definition) is 14. The number of ketones is 2. The van der Waals surface area contributed by atoms with E-state index in [1.54, 1.807) is 68.5 Å².